The van der Waals surface area contributed by atoms with E-state index in [1.165, 1.54) is 0 Å². The number of hydrogen-bond acceptors (Lipinski definition) is 3. The highest BCUT2D eigenvalue weighted by Crippen LogP contribution is 2.12. The van der Waals surface area contributed by atoms with Gasteiger partial charge in [0.15, 0.2) is 0 Å². The molecule has 0 bridgehead atoms. The van der Waals surface area contributed by atoms with Gasteiger partial charge in [0.25, 0.3) is 0 Å². The van der Waals surface area contributed by atoms with Gasteiger partial charge in [-0.1, -0.05) is 0 Å². The Morgan fingerprint density at radius 2 is 2.36 bits per heavy atom. The fraction of sp³-hybridized carbons (Fsp3) is 0.400. The Bertz CT molecular complexity index is 339. The van der Waals surface area contributed by atoms with Crippen LogP contribution in [0.4, 0.5) is 0 Å². The van der Waals surface area contributed by atoms with E-state index < -0.39 is 0 Å². The first-order valence-corrected chi connectivity index (χ1v) is 4.91. The molecule has 0 saturated carbocycles. The van der Waals surface area contributed by atoms with E-state index in [1.54, 1.807) is 19.2 Å². The first-order chi connectivity index (χ1) is 6.69. The first-order valence-electron chi connectivity index (χ1n) is 4.37. The number of aryl methyl sites for hydroxylation is 1. The van der Waals surface area contributed by atoms with Crippen LogP contribution in [0.5, 0.6) is 0 Å². The molecule has 0 aromatic carbocycles. The number of carbonyl (C=O) groups is 1. The van der Waals surface area contributed by atoms with E-state index in [4.69, 9.17) is 16.3 Å². The molecule has 0 unspecified atom stereocenters. The van der Waals surface area contributed by atoms with Gasteiger partial charge in [-0.25, -0.2) is 4.79 Å². The monoisotopic (exact) mass is 213 g/mol. The van der Waals surface area contributed by atoms with Crippen molar-refractivity contribution < 1.29 is 9.53 Å². The normalized spacial score (nSPS) is 9.93. The third-order valence-electron chi connectivity index (χ3n) is 1.73. The van der Waals surface area contributed by atoms with Crippen LogP contribution in [-0.2, 0) is 10.6 Å². The van der Waals surface area contributed by atoms with Gasteiger partial charge in [-0.15, -0.1) is 11.6 Å². The van der Waals surface area contributed by atoms with Crippen molar-refractivity contribution in [1.29, 1.82) is 0 Å². The van der Waals surface area contributed by atoms with E-state index in [2.05, 4.69) is 4.98 Å². The molecule has 1 aromatic rings. The number of ether oxygens (including phenoxy) is 1. The van der Waals surface area contributed by atoms with Gasteiger partial charge in [0, 0.05) is 6.20 Å². The Hall–Kier alpha value is -1.09. The molecule has 0 radical (unpaired) electrons. The maximum absolute atomic E-state index is 11.5. The van der Waals surface area contributed by atoms with Gasteiger partial charge in [0.05, 0.1) is 23.7 Å². The predicted octanol–water partition coefficient (Wildman–Crippen LogP) is 2.31. The topological polar surface area (TPSA) is 39.2 Å². The molecule has 0 atom stereocenters. The average Bonchev–Trinajstić information content (AvgIpc) is 2.18. The Kier molecular flexibility index (Phi) is 3.89. The highest BCUT2D eigenvalue weighted by Gasteiger charge is 2.12. The second-order valence-corrected chi connectivity index (χ2v) is 3.13. The summed E-state index contributed by atoms with van der Waals surface area (Å²) < 4.78 is 4.89. The number of halogens is 1. The van der Waals surface area contributed by atoms with Crippen LogP contribution in [-0.4, -0.2) is 17.6 Å². The highest BCUT2D eigenvalue weighted by atomic mass is 35.5. The molecule has 0 fully saturated rings. The van der Waals surface area contributed by atoms with Crippen LogP contribution >= 0.6 is 11.6 Å². The summed E-state index contributed by atoms with van der Waals surface area (Å²) in [6.07, 6.45) is 1.68. The molecule has 14 heavy (non-hydrogen) atoms. The lowest BCUT2D eigenvalue weighted by atomic mass is 10.1. The zero-order chi connectivity index (χ0) is 10.6. The van der Waals surface area contributed by atoms with Gasteiger partial charge in [0.1, 0.15) is 0 Å². The lowest BCUT2D eigenvalue weighted by molar-refractivity contribution is 0.0524. The maximum atomic E-state index is 11.5. The molecule has 1 heterocycles. The number of hydrogen-bond donors (Lipinski definition) is 0. The van der Waals surface area contributed by atoms with Crippen LogP contribution in [0.15, 0.2) is 12.3 Å². The summed E-state index contributed by atoms with van der Waals surface area (Å²) in [5.41, 5.74) is 1.94. The highest BCUT2D eigenvalue weighted by molar-refractivity contribution is 6.17. The number of rotatable bonds is 3. The predicted molar refractivity (Wildman–Crippen MR) is 54.5 cm³/mol. The molecule has 0 aliphatic heterocycles. The smallest absolute Gasteiger partial charge is 0.340 e. The molecular formula is C10H12ClNO2. The first kappa shape index (κ1) is 11.0. The minimum absolute atomic E-state index is 0.217. The quantitative estimate of drug-likeness (QED) is 0.571. The summed E-state index contributed by atoms with van der Waals surface area (Å²) in [4.78, 5) is 15.5. The molecule has 1 aromatic heterocycles. The zero-order valence-electron chi connectivity index (χ0n) is 8.21. The number of carbonyl (C=O) groups excluding carboxylic acids is 1. The van der Waals surface area contributed by atoms with E-state index in [1.807, 2.05) is 6.92 Å². The van der Waals surface area contributed by atoms with Gasteiger partial charge < -0.3 is 4.74 Å². The third-order valence-corrected chi connectivity index (χ3v) is 1.98. The molecule has 1 rings (SSSR count). The van der Waals surface area contributed by atoms with Crippen molar-refractivity contribution in [3.63, 3.8) is 0 Å². The second-order valence-electron chi connectivity index (χ2n) is 2.86. The van der Waals surface area contributed by atoms with E-state index in [0.29, 0.717) is 17.9 Å². The zero-order valence-corrected chi connectivity index (χ0v) is 8.97. The molecule has 0 saturated heterocycles. The SMILES string of the molecule is CCOC(=O)c1cc(C)cnc1CCl. The summed E-state index contributed by atoms with van der Waals surface area (Å²) in [6, 6.07) is 1.74. The minimum Gasteiger partial charge on any atom is -0.462 e. The van der Waals surface area contributed by atoms with Crippen molar-refractivity contribution >= 4 is 17.6 Å². The van der Waals surface area contributed by atoms with E-state index in [-0.39, 0.29) is 11.8 Å². The molecule has 0 spiro atoms. The van der Waals surface area contributed by atoms with Crippen LogP contribution < -0.4 is 0 Å². The summed E-state index contributed by atoms with van der Waals surface area (Å²) in [5.74, 6) is -0.145. The molecule has 76 valence electrons. The van der Waals surface area contributed by atoms with Crippen molar-refractivity contribution in [2.75, 3.05) is 6.61 Å². The summed E-state index contributed by atoms with van der Waals surface area (Å²) >= 11 is 5.66. The molecular weight excluding hydrogens is 202 g/mol. The number of aromatic nitrogens is 1. The molecule has 0 N–H and O–H groups in total. The van der Waals surface area contributed by atoms with Crippen molar-refractivity contribution in [3.05, 3.63) is 29.1 Å². The van der Waals surface area contributed by atoms with E-state index >= 15 is 0 Å². The summed E-state index contributed by atoms with van der Waals surface area (Å²) in [6.45, 7) is 3.99. The lowest BCUT2D eigenvalue weighted by Crippen LogP contribution is -2.09. The minimum atomic E-state index is -0.362. The van der Waals surface area contributed by atoms with Gasteiger partial charge in [0.2, 0.25) is 0 Å². The van der Waals surface area contributed by atoms with Gasteiger partial charge in [-0.3, -0.25) is 4.98 Å². The van der Waals surface area contributed by atoms with E-state index in [9.17, 15) is 4.79 Å². The van der Waals surface area contributed by atoms with Crippen LogP contribution in [0.1, 0.15) is 28.5 Å². The summed E-state index contributed by atoms with van der Waals surface area (Å²) in [7, 11) is 0. The van der Waals surface area contributed by atoms with Crippen LogP contribution in [0.3, 0.4) is 0 Å². The van der Waals surface area contributed by atoms with Crippen LogP contribution in [0, 0.1) is 6.92 Å². The Balaban J connectivity index is 3.03. The van der Waals surface area contributed by atoms with Crippen molar-refractivity contribution in [1.82, 2.24) is 4.98 Å². The fourth-order valence-electron chi connectivity index (χ4n) is 1.09. The average molecular weight is 214 g/mol. The molecule has 3 nitrogen and oxygen atoms in total. The van der Waals surface area contributed by atoms with Crippen LogP contribution in [0.25, 0.3) is 0 Å². The molecule has 0 aliphatic rings. The van der Waals surface area contributed by atoms with Gasteiger partial charge >= 0.3 is 5.97 Å². The standard InChI is InChI=1S/C10H12ClNO2/c1-3-14-10(13)8-4-7(2)6-12-9(8)5-11/h4,6H,3,5H2,1-2H3. The van der Waals surface area contributed by atoms with E-state index in [0.717, 1.165) is 5.56 Å². The van der Waals surface area contributed by atoms with Crippen molar-refractivity contribution in [3.8, 4) is 0 Å². The Labute approximate surface area is 88.1 Å². The largest absolute Gasteiger partial charge is 0.462 e. The van der Waals surface area contributed by atoms with Gasteiger partial charge in [-0.2, -0.15) is 0 Å². The van der Waals surface area contributed by atoms with Crippen molar-refractivity contribution in [2.45, 2.75) is 19.7 Å². The molecule has 0 amide bonds. The number of alkyl halides is 1. The van der Waals surface area contributed by atoms with Crippen molar-refractivity contribution in [2.24, 2.45) is 0 Å². The Morgan fingerprint density at radius 1 is 1.64 bits per heavy atom. The number of pyridine rings is 1. The third kappa shape index (κ3) is 2.45. The molecule has 0 aliphatic carbocycles. The Morgan fingerprint density at radius 3 is 2.93 bits per heavy atom. The summed E-state index contributed by atoms with van der Waals surface area (Å²) in [5, 5.41) is 0. The van der Waals surface area contributed by atoms with Crippen LogP contribution in [0.2, 0.25) is 0 Å². The van der Waals surface area contributed by atoms with Gasteiger partial charge in [-0.05, 0) is 25.5 Å². The lowest BCUT2D eigenvalue weighted by Gasteiger charge is -2.06. The fourth-order valence-corrected chi connectivity index (χ4v) is 1.30. The number of esters is 1. The second kappa shape index (κ2) is 4.96. The number of nitrogens with zero attached hydrogens (tertiary/aromatic N) is 1. The molecule has 4 heteroatoms. The maximum Gasteiger partial charge on any atom is 0.340 e.